The lowest BCUT2D eigenvalue weighted by Gasteiger charge is -2.11. The number of amides is 3. The van der Waals surface area contributed by atoms with Crippen molar-refractivity contribution in [2.75, 3.05) is 11.9 Å². The molecular weight excluding hydrogens is 380 g/mol. The second-order valence-corrected chi connectivity index (χ2v) is 6.89. The molecule has 9 nitrogen and oxygen atoms in total. The molecule has 1 aromatic heterocycles. The van der Waals surface area contributed by atoms with Gasteiger partial charge in [-0.05, 0) is 23.4 Å². The first kappa shape index (κ1) is 17.8. The number of carbonyl (C=O) groups excluding carboxylic acids is 3. The Labute approximate surface area is 154 Å². The van der Waals surface area contributed by atoms with Gasteiger partial charge in [0.2, 0.25) is 5.91 Å². The Morgan fingerprint density at radius 3 is 2.88 bits per heavy atom. The summed E-state index contributed by atoms with van der Waals surface area (Å²) in [6, 6.07) is 5.68. The quantitative estimate of drug-likeness (QED) is 0.473. The molecule has 0 bridgehead atoms. The number of benzene rings is 1. The number of nitro groups is 1. The molecule has 0 unspecified atom stereocenters. The lowest BCUT2D eigenvalue weighted by atomic mass is 10.2. The van der Waals surface area contributed by atoms with Crippen LogP contribution in [0.5, 0.6) is 0 Å². The van der Waals surface area contributed by atoms with Crippen LogP contribution >= 0.6 is 23.1 Å². The van der Waals surface area contributed by atoms with Gasteiger partial charge in [-0.2, -0.15) is 0 Å². The number of rotatable bonds is 5. The number of non-ortho nitro benzene ring substituents is 1. The van der Waals surface area contributed by atoms with Crippen molar-refractivity contribution >= 4 is 57.0 Å². The van der Waals surface area contributed by atoms with E-state index in [-0.39, 0.29) is 10.6 Å². The summed E-state index contributed by atoms with van der Waals surface area (Å²) in [6.07, 6.45) is 2.90. The van der Waals surface area contributed by atoms with Crippen LogP contribution in [0, 0.1) is 10.1 Å². The predicted octanol–water partition coefficient (Wildman–Crippen LogP) is 2.73. The van der Waals surface area contributed by atoms with E-state index in [1.54, 1.807) is 11.4 Å². The number of hydrogen-bond acceptors (Lipinski definition) is 8. The molecule has 132 valence electrons. The van der Waals surface area contributed by atoms with Crippen LogP contribution in [0.4, 0.5) is 15.6 Å². The number of nitro benzene ring substituents is 1. The van der Waals surface area contributed by atoms with Gasteiger partial charge in [0.25, 0.3) is 16.8 Å². The van der Waals surface area contributed by atoms with E-state index in [1.165, 1.54) is 41.8 Å². The first-order chi connectivity index (χ1) is 12.4. The molecule has 1 N–H and O–H groups in total. The minimum absolute atomic E-state index is 0.0950. The standard InChI is InChI=1S/C15H10N4O5S2/c20-12(17-14-16-4-5-25-14)8-18-13(21)11(26-15(18)22)7-9-2-1-3-10(6-9)19(23)24/h1-7H,8H2,(H,16,17,20)/b11-7-. The van der Waals surface area contributed by atoms with Crippen molar-refractivity contribution in [1.29, 1.82) is 0 Å². The van der Waals surface area contributed by atoms with Crippen LogP contribution in [0.2, 0.25) is 0 Å². The van der Waals surface area contributed by atoms with E-state index in [4.69, 9.17) is 0 Å². The van der Waals surface area contributed by atoms with Crippen molar-refractivity contribution in [1.82, 2.24) is 9.88 Å². The highest BCUT2D eigenvalue weighted by molar-refractivity contribution is 8.18. The van der Waals surface area contributed by atoms with Crippen molar-refractivity contribution in [3.8, 4) is 0 Å². The number of nitrogens with zero attached hydrogens (tertiary/aromatic N) is 3. The molecule has 26 heavy (non-hydrogen) atoms. The van der Waals surface area contributed by atoms with E-state index in [0.29, 0.717) is 22.5 Å². The van der Waals surface area contributed by atoms with Gasteiger partial charge < -0.3 is 5.32 Å². The Bertz CT molecular complexity index is 926. The lowest BCUT2D eigenvalue weighted by Crippen LogP contribution is -2.36. The fraction of sp³-hybridized carbons (Fsp3) is 0.0667. The fourth-order valence-corrected chi connectivity index (χ4v) is 3.49. The van der Waals surface area contributed by atoms with Crippen molar-refractivity contribution in [2.45, 2.75) is 0 Å². The fourth-order valence-electron chi connectivity index (χ4n) is 2.10. The molecule has 2 heterocycles. The molecule has 3 amide bonds. The molecule has 1 fully saturated rings. The highest BCUT2D eigenvalue weighted by Crippen LogP contribution is 2.32. The van der Waals surface area contributed by atoms with Gasteiger partial charge in [-0.1, -0.05) is 12.1 Å². The van der Waals surface area contributed by atoms with Gasteiger partial charge in [0.1, 0.15) is 6.54 Å². The summed E-state index contributed by atoms with van der Waals surface area (Å²) < 4.78 is 0. The van der Waals surface area contributed by atoms with E-state index in [9.17, 15) is 24.5 Å². The Morgan fingerprint density at radius 1 is 1.38 bits per heavy atom. The zero-order valence-electron chi connectivity index (χ0n) is 12.9. The maximum Gasteiger partial charge on any atom is 0.294 e. The molecule has 1 aliphatic rings. The summed E-state index contributed by atoms with van der Waals surface area (Å²) in [7, 11) is 0. The van der Waals surface area contributed by atoms with E-state index < -0.39 is 28.5 Å². The third-order valence-electron chi connectivity index (χ3n) is 3.23. The maximum atomic E-state index is 12.4. The van der Waals surface area contributed by atoms with Gasteiger partial charge in [-0.15, -0.1) is 11.3 Å². The van der Waals surface area contributed by atoms with Gasteiger partial charge in [-0.25, -0.2) is 4.98 Å². The molecule has 0 radical (unpaired) electrons. The third kappa shape index (κ3) is 3.95. The largest absolute Gasteiger partial charge is 0.300 e. The average Bonchev–Trinajstić information content (AvgIpc) is 3.19. The maximum absolute atomic E-state index is 12.4. The monoisotopic (exact) mass is 390 g/mol. The lowest BCUT2D eigenvalue weighted by molar-refractivity contribution is -0.384. The number of carbonyl (C=O) groups is 3. The molecule has 1 saturated heterocycles. The van der Waals surface area contributed by atoms with Crippen LogP contribution in [0.3, 0.4) is 0 Å². The summed E-state index contributed by atoms with van der Waals surface area (Å²) in [5.41, 5.74) is 0.290. The normalized spacial score (nSPS) is 15.5. The topological polar surface area (TPSA) is 123 Å². The van der Waals surface area contributed by atoms with E-state index in [0.717, 1.165) is 4.90 Å². The van der Waals surface area contributed by atoms with Gasteiger partial charge in [0, 0.05) is 23.7 Å². The first-order valence-corrected chi connectivity index (χ1v) is 8.83. The summed E-state index contributed by atoms with van der Waals surface area (Å²) >= 11 is 1.89. The minimum Gasteiger partial charge on any atom is -0.300 e. The molecule has 1 aromatic carbocycles. The summed E-state index contributed by atoms with van der Waals surface area (Å²) in [5.74, 6) is -1.17. The molecule has 3 rings (SSSR count). The highest BCUT2D eigenvalue weighted by Gasteiger charge is 2.36. The SMILES string of the molecule is O=C(CN1C(=O)S/C(=C\c2cccc([N+](=O)[O-])c2)C1=O)Nc1nccs1. The number of anilines is 1. The van der Waals surface area contributed by atoms with Crippen molar-refractivity contribution in [3.05, 3.63) is 56.4 Å². The molecule has 0 saturated carbocycles. The number of aromatic nitrogens is 1. The highest BCUT2D eigenvalue weighted by atomic mass is 32.2. The zero-order chi connectivity index (χ0) is 18.7. The molecular formula is C15H10N4O5S2. The molecule has 0 spiro atoms. The van der Waals surface area contributed by atoms with E-state index in [2.05, 4.69) is 10.3 Å². The number of nitrogens with one attached hydrogen (secondary N) is 1. The van der Waals surface area contributed by atoms with Crippen molar-refractivity contribution in [3.63, 3.8) is 0 Å². The van der Waals surface area contributed by atoms with Crippen LogP contribution in [0.15, 0.2) is 40.7 Å². The molecule has 0 atom stereocenters. The Kier molecular flexibility index (Phi) is 5.09. The second kappa shape index (κ2) is 7.45. The van der Waals surface area contributed by atoms with Gasteiger partial charge in [-0.3, -0.25) is 29.4 Å². The second-order valence-electron chi connectivity index (χ2n) is 5.01. The van der Waals surface area contributed by atoms with Gasteiger partial charge >= 0.3 is 0 Å². The zero-order valence-corrected chi connectivity index (χ0v) is 14.6. The van der Waals surface area contributed by atoms with Crippen LogP contribution in [0.25, 0.3) is 6.08 Å². The van der Waals surface area contributed by atoms with E-state index in [1.807, 2.05) is 0 Å². The Morgan fingerprint density at radius 2 is 2.19 bits per heavy atom. The Hall–Kier alpha value is -3.05. The average molecular weight is 390 g/mol. The van der Waals surface area contributed by atoms with Crippen LogP contribution in [-0.2, 0) is 9.59 Å². The van der Waals surface area contributed by atoms with Crippen LogP contribution < -0.4 is 5.32 Å². The number of thioether (sulfide) groups is 1. The molecule has 1 aliphatic heterocycles. The first-order valence-electron chi connectivity index (χ1n) is 7.13. The summed E-state index contributed by atoms with van der Waals surface area (Å²) in [4.78, 5) is 51.4. The molecule has 11 heteroatoms. The van der Waals surface area contributed by atoms with Crippen molar-refractivity contribution < 1.29 is 19.3 Å². The molecule has 0 aliphatic carbocycles. The smallest absolute Gasteiger partial charge is 0.294 e. The predicted molar refractivity (Wildman–Crippen MR) is 96.5 cm³/mol. The number of hydrogen-bond donors (Lipinski definition) is 1. The summed E-state index contributed by atoms with van der Waals surface area (Å²) in [5, 5.41) is 14.8. The van der Waals surface area contributed by atoms with Gasteiger partial charge in [0.15, 0.2) is 5.13 Å². The summed E-state index contributed by atoms with van der Waals surface area (Å²) in [6.45, 7) is -0.434. The Balaban J connectivity index is 1.73. The third-order valence-corrected chi connectivity index (χ3v) is 4.83. The molecule has 2 aromatic rings. The van der Waals surface area contributed by atoms with E-state index >= 15 is 0 Å². The van der Waals surface area contributed by atoms with Crippen LogP contribution in [-0.4, -0.2) is 38.4 Å². The van der Waals surface area contributed by atoms with Crippen LogP contribution in [0.1, 0.15) is 5.56 Å². The van der Waals surface area contributed by atoms with Crippen molar-refractivity contribution in [2.24, 2.45) is 0 Å². The minimum atomic E-state index is -0.624. The number of imide groups is 1. The number of thiazole rings is 1. The van der Waals surface area contributed by atoms with Gasteiger partial charge in [0.05, 0.1) is 9.83 Å².